The van der Waals surface area contributed by atoms with Crippen LogP contribution in [-0.2, 0) is 0 Å². The molecule has 0 amide bonds. The molecular weight excluding hydrogens is 335 g/mol. The van der Waals surface area contributed by atoms with Gasteiger partial charge >= 0.3 is 0 Å². The molecule has 132 valence electrons. The van der Waals surface area contributed by atoms with E-state index >= 15 is 0 Å². The first-order chi connectivity index (χ1) is 13.3. The third-order valence-electron chi connectivity index (χ3n) is 4.11. The number of hydrogen-bond donors (Lipinski definition) is 0. The number of carbonyl (C=O) groups excluding carboxylic acids is 1. The Labute approximate surface area is 158 Å². The largest absolute Gasteiger partial charge is 0.298 e. The quantitative estimate of drug-likeness (QED) is 0.376. The van der Waals surface area contributed by atoms with E-state index in [9.17, 15) is 9.18 Å². The van der Waals surface area contributed by atoms with Crippen LogP contribution in [0.25, 0.3) is 22.3 Å². The Hall–Kier alpha value is -3.52. The highest BCUT2D eigenvalue weighted by Crippen LogP contribution is 2.25. The molecule has 0 radical (unpaired) electrons. The minimum absolute atomic E-state index is 0.109. The van der Waals surface area contributed by atoms with Crippen LogP contribution in [0.1, 0.15) is 10.4 Å². The molecule has 0 saturated carbocycles. The molecule has 0 N–H and O–H groups in total. The molecule has 0 bridgehead atoms. The van der Waals surface area contributed by atoms with Gasteiger partial charge in [0.25, 0.3) is 0 Å². The first kappa shape index (κ1) is 18.3. The van der Waals surface area contributed by atoms with Gasteiger partial charge in [-0.2, -0.15) is 0 Å². The van der Waals surface area contributed by atoms with Crippen LogP contribution < -0.4 is 0 Å². The third kappa shape index (κ3) is 4.99. The fourth-order valence-corrected chi connectivity index (χ4v) is 2.71. The van der Waals surface area contributed by atoms with E-state index in [1.807, 2.05) is 12.1 Å². The van der Waals surface area contributed by atoms with Gasteiger partial charge in [-0.15, -0.1) is 0 Å². The predicted octanol–water partition coefficient (Wildman–Crippen LogP) is 6.66. The number of aldehydes is 1. The molecule has 2 heteroatoms. The molecule has 0 spiro atoms. The van der Waals surface area contributed by atoms with Gasteiger partial charge < -0.3 is 0 Å². The number of rotatable bonds is 3. The monoisotopic (exact) mass is 354 g/mol. The van der Waals surface area contributed by atoms with Gasteiger partial charge in [0.1, 0.15) is 5.82 Å². The number of benzene rings is 4. The molecule has 4 aromatic rings. The molecule has 0 aliphatic rings. The van der Waals surface area contributed by atoms with Crippen molar-refractivity contribution in [3.8, 4) is 22.3 Å². The molecule has 4 rings (SSSR count). The van der Waals surface area contributed by atoms with Gasteiger partial charge in [0.15, 0.2) is 6.29 Å². The topological polar surface area (TPSA) is 17.1 Å². The SMILES string of the molecule is O=Cc1ccccc1F.c1ccc(-c2cccc(-c3ccccc3)c2)cc1. The predicted molar refractivity (Wildman–Crippen MR) is 109 cm³/mol. The van der Waals surface area contributed by atoms with Crippen molar-refractivity contribution in [3.63, 3.8) is 0 Å². The Morgan fingerprint density at radius 1 is 0.519 bits per heavy atom. The van der Waals surface area contributed by atoms with E-state index in [0.717, 1.165) is 0 Å². The average molecular weight is 354 g/mol. The Balaban J connectivity index is 0.000000197. The highest BCUT2D eigenvalue weighted by Gasteiger charge is 2.00. The maximum atomic E-state index is 12.4. The van der Waals surface area contributed by atoms with Gasteiger partial charge in [-0.1, -0.05) is 91.0 Å². The molecule has 0 fully saturated rings. The zero-order chi connectivity index (χ0) is 18.9. The molecule has 4 aromatic carbocycles. The summed E-state index contributed by atoms with van der Waals surface area (Å²) in [6, 6.07) is 35.5. The fourth-order valence-electron chi connectivity index (χ4n) is 2.71. The molecule has 27 heavy (non-hydrogen) atoms. The number of hydrogen-bond acceptors (Lipinski definition) is 1. The first-order valence-electron chi connectivity index (χ1n) is 8.68. The van der Waals surface area contributed by atoms with Crippen LogP contribution in [0.2, 0.25) is 0 Å². The first-order valence-corrected chi connectivity index (χ1v) is 8.68. The maximum absolute atomic E-state index is 12.4. The molecule has 0 heterocycles. The lowest BCUT2D eigenvalue weighted by Crippen LogP contribution is -1.83. The summed E-state index contributed by atoms with van der Waals surface area (Å²) in [5, 5.41) is 0. The zero-order valence-corrected chi connectivity index (χ0v) is 14.8. The Morgan fingerprint density at radius 3 is 1.41 bits per heavy atom. The molecule has 0 unspecified atom stereocenters. The summed E-state index contributed by atoms with van der Waals surface area (Å²) in [4.78, 5) is 9.99. The molecule has 0 atom stereocenters. The normalized spacial score (nSPS) is 9.81. The van der Waals surface area contributed by atoms with Crippen molar-refractivity contribution in [2.24, 2.45) is 0 Å². The van der Waals surface area contributed by atoms with Crippen LogP contribution in [0.5, 0.6) is 0 Å². The van der Waals surface area contributed by atoms with E-state index in [0.29, 0.717) is 6.29 Å². The van der Waals surface area contributed by atoms with E-state index in [4.69, 9.17) is 0 Å². The number of halogens is 1. The molecular formula is C25H19FO. The van der Waals surface area contributed by atoms with Crippen LogP contribution in [0.3, 0.4) is 0 Å². The van der Waals surface area contributed by atoms with Crippen molar-refractivity contribution >= 4 is 6.29 Å². The lowest BCUT2D eigenvalue weighted by molar-refractivity contribution is 0.112. The third-order valence-corrected chi connectivity index (χ3v) is 4.11. The minimum Gasteiger partial charge on any atom is -0.298 e. The van der Waals surface area contributed by atoms with Gasteiger partial charge in [0, 0.05) is 0 Å². The van der Waals surface area contributed by atoms with Crippen LogP contribution in [-0.4, -0.2) is 6.29 Å². The summed E-state index contributed by atoms with van der Waals surface area (Å²) < 4.78 is 12.4. The highest BCUT2D eigenvalue weighted by atomic mass is 19.1. The molecule has 0 aliphatic heterocycles. The van der Waals surface area contributed by atoms with Crippen molar-refractivity contribution < 1.29 is 9.18 Å². The van der Waals surface area contributed by atoms with E-state index in [-0.39, 0.29) is 5.56 Å². The Bertz CT molecular complexity index is 940. The minimum atomic E-state index is -0.465. The highest BCUT2D eigenvalue weighted by molar-refractivity contribution is 5.75. The van der Waals surface area contributed by atoms with E-state index in [1.165, 1.54) is 34.4 Å². The van der Waals surface area contributed by atoms with Crippen molar-refractivity contribution in [1.29, 1.82) is 0 Å². The fraction of sp³-hybridized carbons (Fsp3) is 0. The van der Waals surface area contributed by atoms with Crippen molar-refractivity contribution in [1.82, 2.24) is 0 Å². The second-order valence-electron chi connectivity index (χ2n) is 5.95. The summed E-state index contributed by atoms with van der Waals surface area (Å²) in [5.74, 6) is -0.465. The average Bonchev–Trinajstić information content (AvgIpc) is 2.76. The van der Waals surface area contributed by atoms with Gasteiger partial charge in [-0.05, 0) is 40.5 Å². The standard InChI is InChI=1S/C18H14.C7H5FO/c1-3-8-15(9-4-1)17-12-7-13-18(14-17)16-10-5-2-6-11-16;8-7-4-2-1-3-6(7)5-9/h1-14H;1-5H. The molecule has 1 nitrogen and oxygen atoms in total. The lowest BCUT2D eigenvalue weighted by atomic mass is 9.99. The lowest BCUT2D eigenvalue weighted by Gasteiger charge is -2.05. The van der Waals surface area contributed by atoms with Crippen LogP contribution in [0, 0.1) is 5.82 Å². The van der Waals surface area contributed by atoms with E-state index in [2.05, 4.69) is 72.8 Å². The Morgan fingerprint density at radius 2 is 0.963 bits per heavy atom. The summed E-state index contributed by atoms with van der Waals surface area (Å²) in [7, 11) is 0. The van der Waals surface area contributed by atoms with Gasteiger partial charge in [0.05, 0.1) is 5.56 Å². The van der Waals surface area contributed by atoms with Gasteiger partial charge in [-0.25, -0.2) is 4.39 Å². The smallest absolute Gasteiger partial charge is 0.152 e. The molecule has 0 aliphatic carbocycles. The van der Waals surface area contributed by atoms with Gasteiger partial charge in [0.2, 0.25) is 0 Å². The summed E-state index contributed by atoms with van der Waals surface area (Å²) in [6.45, 7) is 0. The van der Waals surface area contributed by atoms with Crippen molar-refractivity contribution in [2.75, 3.05) is 0 Å². The summed E-state index contributed by atoms with van der Waals surface area (Å²) in [5.41, 5.74) is 5.15. The molecule has 0 saturated heterocycles. The van der Waals surface area contributed by atoms with E-state index in [1.54, 1.807) is 12.1 Å². The van der Waals surface area contributed by atoms with Crippen LogP contribution in [0.15, 0.2) is 109 Å². The van der Waals surface area contributed by atoms with Crippen LogP contribution >= 0.6 is 0 Å². The second kappa shape index (κ2) is 9.25. The van der Waals surface area contributed by atoms with Crippen molar-refractivity contribution in [2.45, 2.75) is 0 Å². The van der Waals surface area contributed by atoms with Gasteiger partial charge in [-0.3, -0.25) is 4.79 Å². The van der Waals surface area contributed by atoms with Crippen LogP contribution in [0.4, 0.5) is 4.39 Å². The number of carbonyl (C=O) groups is 1. The van der Waals surface area contributed by atoms with E-state index < -0.39 is 5.82 Å². The maximum Gasteiger partial charge on any atom is 0.152 e. The van der Waals surface area contributed by atoms with Crippen molar-refractivity contribution in [3.05, 3.63) is 121 Å². The zero-order valence-electron chi connectivity index (χ0n) is 14.8. The Kier molecular flexibility index (Phi) is 6.26. The molecule has 0 aromatic heterocycles. The second-order valence-corrected chi connectivity index (χ2v) is 5.95. The summed E-state index contributed by atoms with van der Waals surface area (Å²) in [6.07, 6.45) is 0.495. The summed E-state index contributed by atoms with van der Waals surface area (Å²) >= 11 is 0.